The minimum absolute atomic E-state index is 0.186. The Morgan fingerprint density at radius 3 is 1.82 bits per heavy atom. The monoisotopic (exact) mass is 445 g/mol. The van der Waals surface area contributed by atoms with Gasteiger partial charge < -0.3 is 5.11 Å². The first-order valence-corrected chi connectivity index (χ1v) is 9.65. The topological polar surface area (TPSA) is 144 Å². The zero-order valence-corrected chi connectivity index (χ0v) is 16.8. The van der Waals surface area contributed by atoms with Crippen LogP contribution in [0.4, 0.5) is 17.1 Å². The van der Waals surface area contributed by atoms with Gasteiger partial charge >= 0.3 is 0 Å². The number of hydrogen-bond acceptors (Lipinski definition) is 7. The number of aliphatic hydroxyl groups excluding tert-OH is 1. The van der Waals surface area contributed by atoms with Crippen LogP contribution in [0, 0.1) is 20.2 Å². The fourth-order valence-electron chi connectivity index (χ4n) is 3.68. The second kappa shape index (κ2) is 8.35. The van der Waals surface area contributed by atoms with E-state index < -0.39 is 33.3 Å². The minimum Gasteiger partial charge on any atom is -0.507 e. The summed E-state index contributed by atoms with van der Waals surface area (Å²) < 4.78 is 0. The summed E-state index contributed by atoms with van der Waals surface area (Å²) in [7, 11) is 0. The van der Waals surface area contributed by atoms with Crippen LogP contribution in [-0.4, -0.2) is 26.6 Å². The van der Waals surface area contributed by atoms with Crippen LogP contribution in [0.15, 0.2) is 84.4 Å². The first kappa shape index (κ1) is 21.4. The van der Waals surface area contributed by atoms with Gasteiger partial charge in [-0.1, -0.05) is 30.3 Å². The standard InChI is InChI=1S/C23H15N3O7/c27-21(15-4-2-1-3-5-15)19-20(14-6-8-17(9-7-14)25(30)31)24(23(29)22(19)28)16-10-12-18(13-11-16)26(32)33/h1-13,20,27H. The van der Waals surface area contributed by atoms with E-state index >= 15 is 0 Å². The van der Waals surface area contributed by atoms with Gasteiger partial charge in [0.1, 0.15) is 5.76 Å². The Kier molecular flexibility index (Phi) is 5.41. The molecule has 1 saturated heterocycles. The molecule has 3 aromatic rings. The highest BCUT2D eigenvalue weighted by Gasteiger charge is 2.47. The fourth-order valence-corrected chi connectivity index (χ4v) is 3.68. The van der Waals surface area contributed by atoms with Gasteiger partial charge in [0.25, 0.3) is 23.1 Å². The molecule has 4 rings (SSSR count). The van der Waals surface area contributed by atoms with E-state index in [0.717, 1.165) is 4.90 Å². The highest BCUT2D eigenvalue weighted by atomic mass is 16.6. The van der Waals surface area contributed by atoms with Gasteiger partial charge in [0.15, 0.2) is 0 Å². The summed E-state index contributed by atoms with van der Waals surface area (Å²) in [6.07, 6.45) is 0. The van der Waals surface area contributed by atoms with E-state index in [1.165, 1.54) is 48.5 Å². The number of carbonyl (C=O) groups is 2. The van der Waals surface area contributed by atoms with Crippen molar-refractivity contribution in [2.24, 2.45) is 0 Å². The second-order valence-electron chi connectivity index (χ2n) is 7.16. The lowest BCUT2D eigenvalue weighted by atomic mass is 9.95. The van der Waals surface area contributed by atoms with E-state index in [9.17, 15) is 34.9 Å². The number of carbonyl (C=O) groups excluding carboxylic acids is 2. The highest BCUT2D eigenvalue weighted by Crippen LogP contribution is 2.42. The molecular weight excluding hydrogens is 430 g/mol. The Balaban J connectivity index is 1.91. The molecule has 10 heteroatoms. The molecule has 0 saturated carbocycles. The summed E-state index contributed by atoms with van der Waals surface area (Å²) in [5.41, 5.74) is 0.263. The number of non-ortho nitro benzene ring substituents is 2. The van der Waals surface area contributed by atoms with E-state index in [0.29, 0.717) is 11.1 Å². The van der Waals surface area contributed by atoms with Gasteiger partial charge in [0.05, 0.1) is 21.5 Å². The van der Waals surface area contributed by atoms with Crippen LogP contribution in [0.1, 0.15) is 17.2 Å². The van der Waals surface area contributed by atoms with Gasteiger partial charge in [0, 0.05) is 35.5 Å². The number of hydrogen-bond donors (Lipinski definition) is 1. The third-order valence-corrected chi connectivity index (χ3v) is 5.25. The van der Waals surface area contributed by atoms with Gasteiger partial charge in [0.2, 0.25) is 0 Å². The maximum Gasteiger partial charge on any atom is 0.300 e. The van der Waals surface area contributed by atoms with E-state index in [4.69, 9.17) is 0 Å². The van der Waals surface area contributed by atoms with Gasteiger partial charge in [-0.3, -0.25) is 34.7 Å². The molecule has 1 amide bonds. The Morgan fingerprint density at radius 2 is 1.30 bits per heavy atom. The molecular formula is C23H15N3O7. The van der Waals surface area contributed by atoms with Crippen molar-refractivity contribution in [2.45, 2.75) is 6.04 Å². The molecule has 1 fully saturated rings. The number of benzene rings is 3. The molecule has 164 valence electrons. The summed E-state index contributed by atoms with van der Waals surface area (Å²) in [6, 6.07) is 17.4. The first-order valence-electron chi connectivity index (χ1n) is 9.65. The number of nitrogens with zero attached hydrogens (tertiary/aromatic N) is 3. The molecule has 10 nitrogen and oxygen atoms in total. The smallest absolute Gasteiger partial charge is 0.300 e. The van der Waals surface area contributed by atoms with E-state index in [1.54, 1.807) is 30.3 Å². The van der Waals surface area contributed by atoms with Gasteiger partial charge in [-0.2, -0.15) is 0 Å². The van der Waals surface area contributed by atoms with Crippen molar-refractivity contribution in [3.8, 4) is 0 Å². The molecule has 1 aliphatic heterocycles. The summed E-state index contributed by atoms with van der Waals surface area (Å²) in [4.78, 5) is 48.0. The first-order chi connectivity index (χ1) is 15.8. The molecule has 1 atom stereocenters. The number of rotatable bonds is 5. The summed E-state index contributed by atoms with van der Waals surface area (Å²) in [5.74, 6) is -2.29. The lowest BCUT2D eigenvalue weighted by Crippen LogP contribution is -2.29. The van der Waals surface area contributed by atoms with Crippen LogP contribution in [-0.2, 0) is 9.59 Å². The molecule has 3 aromatic carbocycles. The number of aliphatic hydroxyl groups is 1. The molecule has 0 spiro atoms. The predicted molar refractivity (Wildman–Crippen MR) is 117 cm³/mol. The number of amides is 1. The van der Waals surface area contributed by atoms with Crippen LogP contribution >= 0.6 is 0 Å². The molecule has 0 aliphatic carbocycles. The zero-order chi connectivity index (χ0) is 23.7. The average Bonchev–Trinajstić information content (AvgIpc) is 3.09. The lowest BCUT2D eigenvalue weighted by molar-refractivity contribution is -0.385. The van der Waals surface area contributed by atoms with Crippen LogP contribution in [0.3, 0.4) is 0 Å². The number of ketones is 1. The maximum absolute atomic E-state index is 13.0. The van der Waals surface area contributed by atoms with Crippen molar-refractivity contribution in [2.75, 3.05) is 4.90 Å². The number of Topliss-reactive ketones (excluding diaryl/α,β-unsaturated/α-hetero) is 1. The summed E-state index contributed by atoms with van der Waals surface area (Å²) in [5, 5.41) is 33.0. The zero-order valence-electron chi connectivity index (χ0n) is 16.8. The van der Waals surface area contributed by atoms with E-state index in [2.05, 4.69) is 0 Å². The third-order valence-electron chi connectivity index (χ3n) is 5.25. The van der Waals surface area contributed by atoms with Crippen LogP contribution in [0.5, 0.6) is 0 Å². The minimum atomic E-state index is -1.10. The lowest BCUT2D eigenvalue weighted by Gasteiger charge is -2.25. The Bertz CT molecular complexity index is 1300. The van der Waals surface area contributed by atoms with Crippen molar-refractivity contribution in [3.05, 3.63) is 116 Å². The van der Waals surface area contributed by atoms with Crippen LogP contribution < -0.4 is 4.90 Å². The average molecular weight is 445 g/mol. The van der Waals surface area contributed by atoms with Crippen LogP contribution in [0.2, 0.25) is 0 Å². The van der Waals surface area contributed by atoms with Gasteiger partial charge in [-0.25, -0.2) is 0 Å². The van der Waals surface area contributed by atoms with Crippen molar-refractivity contribution >= 4 is 34.5 Å². The Morgan fingerprint density at radius 1 is 0.788 bits per heavy atom. The van der Waals surface area contributed by atoms with Gasteiger partial charge in [-0.15, -0.1) is 0 Å². The molecule has 33 heavy (non-hydrogen) atoms. The molecule has 0 bridgehead atoms. The second-order valence-corrected chi connectivity index (χ2v) is 7.16. The Labute approximate surface area is 186 Å². The Hall–Kier alpha value is -4.86. The molecule has 1 N–H and O–H groups in total. The number of nitro benzene ring substituents is 2. The maximum atomic E-state index is 13.0. The molecule has 1 unspecified atom stereocenters. The van der Waals surface area contributed by atoms with Crippen molar-refractivity contribution in [3.63, 3.8) is 0 Å². The van der Waals surface area contributed by atoms with E-state index in [-0.39, 0.29) is 22.6 Å². The molecule has 1 heterocycles. The van der Waals surface area contributed by atoms with Crippen molar-refractivity contribution in [1.82, 2.24) is 0 Å². The number of nitro groups is 2. The third kappa shape index (κ3) is 3.81. The van der Waals surface area contributed by atoms with Crippen molar-refractivity contribution in [1.29, 1.82) is 0 Å². The molecule has 0 radical (unpaired) electrons. The van der Waals surface area contributed by atoms with Crippen molar-refractivity contribution < 1.29 is 24.5 Å². The van der Waals surface area contributed by atoms with E-state index in [1.807, 2.05) is 0 Å². The predicted octanol–water partition coefficient (Wildman–Crippen LogP) is 4.13. The summed E-state index contributed by atoms with van der Waals surface area (Å²) in [6.45, 7) is 0. The van der Waals surface area contributed by atoms with Crippen LogP contribution in [0.25, 0.3) is 5.76 Å². The quantitative estimate of drug-likeness (QED) is 0.204. The number of anilines is 1. The SMILES string of the molecule is O=C1C(=O)N(c2ccc([N+](=O)[O-])cc2)C(c2ccc([N+](=O)[O-])cc2)C1=C(O)c1ccccc1. The normalized spacial score (nSPS) is 17.2. The highest BCUT2D eigenvalue weighted by molar-refractivity contribution is 6.51. The fraction of sp³-hybridized carbons (Fsp3) is 0.0435. The van der Waals surface area contributed by atoms with Gasteiger partial charge in [-0.05, 0) is 29.8 Å². The molecule has 0 aromatic heterocycles. The largest absolute Gasteiger partial charge is 0.507 e. The molecule has 1 aliphatic rings. The summed E-state index contributed by atoms with van der Waals surface area (Å²) >= 11 is 0.